The third-order valence-corrected chi connectivity index (χ3v) is 3.89. The average molecular weight is 241 g/mol. The second-order valence-electron chi connectivity index (χ2n) is 5.32. The van der Waals surface area contributed by atoms with Gasteiger partial charge >= 0.3 is 5.97 Å². The van der Waals surface area contributed by atoms with E-state index in [-0.39, 0.29) is 5.92 Å². The summed E-state index contributed by atoms with van der Waals surface area (Å²) in [7, 11) is 2.14. The molecule has 1 saturated heterocycles. The minimum absolute atomic E-state index is 0.145. The molecule has 98 valence electrons. The number of likely N-dealkylation sites (N-methyl/N-ethyl adjacent to an activating group) is 1. The molecule has 2 rings (SSSR count). The Bertz CT molecular complexity index is 264. The lowest BCUT2D eigenvalue weighted by atomic mass is 9.86. The number of nitrogens with one attached hydrogen (secondary N) is 1. The average Bonchev–Trinajstić information content (AvgIpc) is 2.32. The Kier molecular flexibility index (Phi) is 4.36. The van der Waals surface area contributed by atoms with Gasteiger partial charge in [-0.2, -0.15) is 0 Å². The van der Waals surface area contributed by atoms with Crippen molar-refractivity contribution in [2.75, 3.05) is 33.2 Å². The molecule has 0 aromatic heterocycles. The maximum Gasteiger partial charge on any atom is 0.306 e. The lowest BCUT2D eigenvalue weighted by molar-refractivity contribution is -0.143. The number of nitrogens with zero attached hydrogens (tertiary/aromatic N) is 2. The van der Waals surface area contributed by atoms with Crippen LogP contribution in [0.2, 0.25) is 0 Å². The number of hydrogen-bond donors (Lipinski definition) is 2. The first kappa shape index (κ1) is 12.8. The zero-order valence-corrected chi connectivity index (χ0v) is 10.6. The van der Waals surface area contributed by atoms with E-state index < -0.39 is 5.97 Å². The van der Waals surface area contributed by atoms with Crippen LogP contribution in [0.1, 0.15) is 25.7 Å². The Labute approximate surface area is 103 Å². The zero-order valence-electron chi connectivity index (χ0n) is 10.6. The number of hydrazine groups is 1. The van der Waals surface area contributed by atoms with Crippen LogP contribution in [0, 0.1) is 5.92 Å². The molecule has 0 amide bonds. The minimum Gasteiger partial charge on any atom is -0.481 e. The van der Waals surface area contributed by atoms with Gasteiger partial charge in [0.2, 0.25) is 0 Å². The summed E-state index contributed by atoms with van der Waals surface area (Å²) in [4.78, 5) is 13.3. The van der Waals surface area contributed by atoms with Crippen LogP contribution in [0.15, 0.2) is 0 Å². The SMILES string of the molecule is CN1CCN(NC2CCCC(C(=O)O)C2)CC1. The van der Waals surface area contributed by atoms with Crippen LogP contribution in [0.4, 0.5) is 0 Å². The van der Waals surface area contributed by atoms with Crippen molar-refractivity contribution in [2.45, 2.75) is 31.7 Å². The van der Waals surface area contributed by atoms with Crippen molar-refractivity contribution in [2.24, 2.45) is 5.92 Å². The Morgan fingerprint density at radius 1 is 1.24 bits per heavy atom. The largest absolute Gasteiger partial charge is 0.481 e. The van der Waals surface area contributed by atoms with E-state index in [2.05, 4.69) is 22.4 Å². The highest BCUT2D eigenvalue weighted by molar-refractivity contribution is 5.70. The fraction of sp³-hybridized carbons (Fsp3) is 0.917. The summed E-state index contributed by atoms with van der Waals surface area (Å²) >= 11 is 0. The molecule has 0 spiro atoms. The lowest BCUT2D eigenvalue weighted by Gasteiger charge is -2.37. The number of carboxylic acid groups (broad SMARTS) is 1. The predicted molar refractivity (Wildman–Crippen MR) is 65.6 cm³/mol. The molecule has 2 aliphatic rings. The minimum atomic E-state index is -0.630. The quantitative estimate of drug-likeness (QED) is 0.748. The monoisotopic (exact) mass is 241 g/mol. The van der Waals surface area contributed by atoms with E-state index in [4.69, 9.17) is 5.11 Å². The highest BCUT2D eigenvalue weighted by Crippen LogP contribution is 2.24. The van der Waals surface area contributed by atoms with Gasteiger partial charge in [-0.1, -0.05) is 6.42 Å². The van der Waals surface area contributed by atoms with Gasteiger partial charge in [0.05, 0.1) is 5.92 Å². The van der Waals surface area contributed by atoms with Gasteiger partial charge in [-0.3, -0.25) is 10.2 Å². The number of carbonyl (C=O) groups is 1. The van der Waals surface area contributed by atoms with E-state index in [1.165, 1.54) is 0 Å². The number of aliphatic carboxylic acids is 1. The Hall–Kier alpha value is -0.650. The third kappa shape index (κ3) is 3.66. The summed E-state index contributed by atoms with van der Waals surface area (Å²) < 4.78 is 0. The van der Waals surface area contributed by atoms with Crippen molar-refractivity contribution in [1.29, 1.82) is 0 Å². The van der Waals surface area contributed by atoms with Crippen LogP contribution in [-0.2, 0) is 4.79 Å². The fourth-order valence-electron chi connectivity index (χ4n) is 2.73. The maximum absolute atomic E-state index is 11.0. The smallest absolute Gasteiger partial charge is 0.306 e. The van der Waals surface area contributed by atoms with E-state index >= 15 is 0 Å². The molecular formula is C12H23N3O2. The lowest BCUT2D eigenvalue weighted by Crippen LogP contribution is -2.54. The van der Waals surface area contributed by atoms with Crippen LogP contribution in [0.25, 0.3) is 0 Å². The first-order valence-corrected chi connectivity index (χ1v) is 6.57. The molecule has 2 fully saturated rings. The Morgan fingerprint density at radius 3 is 2.59 bits per heavy atom. The summed E-state index contributed by atoms with van der Waals surface area (Å²) in [5.74, 6) is -0.774. The molecule has 2 unspecified atom stereocenters. The summed E-state index contributed by atoms with van der Waals surface area (Å²) in [6.45, 7) is 4.24. The van der Waals surface area contributed by atoms with Gasteiger partial charge in [-0.05, 0) is 26.3 Å². The van der Waals surface area contributed by atoms with Crippen molar-refractivity contribution in [1.82, 2.24) is 15.3 Å². The first-order valence-electron chi connectivity index (χ1n) is 6.57. The molecule has 0 aromatic rings. The molecule has 1 aliphatic carbocycles. The third-order valence-electron chi connectivity index (χ3n) is 3.89. The van der Waals surface area contributed by atoms with E-state index in [1.54, 1.807) is 0 Å². The molecular weight excluding hydrogens is 218 g/mol. The molecule has 5 nitrogen and oxygen atoms in total. The number of piperazine rings is 1. The van der Waals surface area contributed by atoms with Crippen LogP contribution in [0.3, 0.4) is 0 Å². The van der Waals surface area contributed by atoms with Crippen molar-refractivity contribution >= 4 is 5.97 Å². The van der Waals surface area contributed by atoms with Crippen molar-refractivity contribution in [3.63, 3.8) is 0 Å². The molecule has 0 bridgehead atoms. The summed E-state index contributed by atoms with van der Waals surface area (Å²) in [5, 5.41) is 11.3. The Morgan fingerprint density at radius 2 is 1.94 bits per heavy atom. The van der Waals surface area contributed by atoms with Gasteiger partial charge in [0.1, 0.15) is 0 Å². The van der Waals surface area contributed by atoms with Gasteiger partial charge in [0, 0.05) is 32.2 Å². The van der Waals surface area contributed by atoms with Crippen molar-refractivity contribution in [3.05, 3.63) is 0 Å². The summed E-state index contributed by atoms with van der Waals surface area (Å²) in [5.41, 5.74) is 3.51. The highest BCUT2D eigenvalue weighted by Gasteiger charge is 2.28. The molecule has 0 aromatic carbocycles. The predicted octanol–water partition coefficient (Wildman–Crippen LogP) is 0.382. The molecule has 2 atom stereocenters. The standard InChI is InChI=1S/C12H23N3O2/c1-14-5-7-15(8-6-14)13-11-4-2-3-10(9-11)12(16)17/h10-11,13H,2-9H2,1H3,(H,16,17). The van der Waals surface area contributed by atoms with Gasteiger partial charge < -0.3 is 10.0 Å². The van der Waals surface area contributed by atoms with Crippen LogP contribution in [-0.4, -0.2) is 60.3 Å². The molecule has 1 heterocycles. The van der Waals surface area contributed by atoms with Gasteiger partial charge in [0.15, 0.2) is 0 Å². The van der Waals surface area contributed by atoms with E-state index in [9.17, 15) is 4.79 Å². The number of rotatable bonds is 3. The number of hydrogen-bond acceptors (Lipinski definition) is 4. The fourth-order valence-corrected chi connectivity index (χ4v) is 2.73. The van der Waals surface area contributed by atoms with Crippen molar-refractivity contribution < 1.29 is 9.90 Å². The van der Waals surface area contributed by atoms with Gasteiger partial charge in [-0.25, -0.2) is 5.01 Å². The van der Waals surface area contributed by atoms with E-state index in [1.807, 2.05) is 0 Å². The molecule has 1 saturated carbocycles. The topological polar surface area (TPSA) is 55.8 Å². The van der Waals surface area contributed by atoms with Gasteiger partial charge in [0.25, 0.3) is 0 Å². The van der Waals surface area contributed by atoms with E-state index in [0.717, 1.165) is 51.9 Å². The second-order valence-corrected chi connectivity index (χ2v) is 5.32. The normalized spacial score (nSPS) is 32.5. The highest BCUT2D eigenvalue weighted by atomic mass is 16.4. The van der Waals surface area contributed by atoms with Crippen LogP contribution < -0.4 is 5.43 Å². The van der Waals surface area contributed by atoms with Crippen LogP contribution >= 0.6 is 0 Å². The second kappa shape index (κ2) is 5.80. The molecule has 0 radical (unpaired) electrons. The maximum atomic E-state index is 11.0. The van der Waals surface area contributed by atoms with Gasteiger partial charge in [-0.15, -0.1) is 0 Å². The van der Waals surface area contributed by atoms with Crippen LogP contribution in [0.5, 0.6) is 0 Å². The summed E-state index contributed by atoms with van der Waals surface area (Å²) in [6.07, 6.45) is 3.76. The summed E-state index contributed by atoms with van der Waals surface area (Å²) in [6, 6.07) is 0.355. The molecule has 2 N–H and O–H groups in total. The molecule has 5 heteroatoms. The molecule has 1 aliphatic heterocycles. The zero-order chi connectivity index (χ0) is 12.3. The Balaban J connectivity index is 1.76. The van der Waals surface area contributed by atoms with E-state index in [0.29, 0.717) is 6.04 Å². The first-order chi connectivity index (χ1) is 8.15. The number of carboxylic acids is 1. The van der Waals surface area contributed by atoms with Crippen molar-refractivity contribution in [3.8, 4) is 0 Å². The molecule has 17 heavy (non-hydrogen) atoms.